The number of rotatable bonds is 5. The summed E-state index contributed by atoms with van der Waals surface area (Å²) in [5, 5.41) is 14.4. The van der Waals surface area contributed by atoms with Crippen LogP contribution >= 0.6 is 11.6 Å². The van der Waals surface area contributed by atoms with Crippen LogP contribution in [0.3, 0.4) is 0 Å². The largest absolute Gasteiger partial charge is 0.361 e. The first-order valence-corrected chi connectivity index (χ1v) is 5.91. The fourth-order valence-electron chi connectivity index (χ4n) is 1.36. The number of hydrogen-bond donors (Lipinski definition) is 2. The van der Waals surface area contributed by atoms with Gasteiger partial charge in [-0.1, -0.05) is 11.6 Å². The van der Waals surface area contributed by atoms with Crippen LogP contribution in [0.2, 0.25) is 5.02 Å². The number of nitrogens with one attached hydrogen (secondary N) is 2. The summed E-state index contributed by atoms with van der Waals surface area (Å²) in [5.74, 6) is 1.92. The van der Waals surface area contributed by atoms with E-state index in [0.29, 0.717) is 23.3 Å². The molecule has 0 saturated carbocycles. The summed E-state index contributed by atoms with van der Waals surface area (Å²) in [6.07, 6.45) is 3.20. The summed E-state index contributed by atoms with van der Waals surface area (Å²) in [6.45, 7) is 3.23. The average molecular weight is 268 g/mol. The highest BCUT2D eigenvalue weighted by Crippen LogP contribution is 2.19. The Hall–Kier alpha value is -1.89. The summed E-state index contributed by atoms with van der Waals surface area (Å²) in [5.41, 5.74) is 0. The highest BCUT2D eigenvalue weighted by atomic mass is 35.5. The molecule has 0 radical (unpaired) electrons. The van der Waals surface area contributed by atoms with E-state index in [1.807, 2.05) is 18.5 Å². The maximum Gasteiger partial charge on any atom is 0.224 e. The van der Waals surface area contributed by atoms with Gasteiger partial charge in [-0.05, 0) is 6.92 Å². The van der Waals surface area contributed by atoms with Gasteiger partial charge < -0.3 is 15.2 Å². The SMILES string of the molecule is CCNc1ncc(Cl)c(NCc2nncn2C)n1. The fraction of sp³-hybridized carbons (Fsp3) is 0.400. The van der Waals surface area contributed by atoms with Crippen molar-refractivity contribution in [2.24, 2.45) is 7.05 Å². The second-order valence-corrected chi connectivity index (χ2v) is 4.04. The van der Waals surface area contributed by atoms with Crippen LogP contribution in [0.25, 0.3) is 0 Å². The van der Waals surface area contributed by atoms with E-state index >= 15 is 0 Å². The molecule has 0 aliphatic carbocycles. The zero-order chi connectivity index (χ0) is 13.0. The Bertz CT molecular complexity index is 525. The van der Waals surface area contributed by atoms with Gasteiger partial charge in [0.15, 0.2) is 11.6 Å². The molecule has 2 aromatic rings. The molecule has 2 N–H and O–H groups in total. The van der Waals surface area contributed by atoms with Crippen LogP contribution in [0.5, 0.6) is 0 Å². The van der Waals surface area contributed by atoms with Gasteiger partial charge in [-0.15, -0.1) is 10.2 Å². The minimum Gasteiger partial charge on any atom is -0.361 e. The van der Waals surface area contributed by atoms with Crippen LogP contribution in [0.15, 0.2) is 12.5 Å². The van der Waals surface area contributed by atoms with E-state index in [2.05, 4.69) is 30.8 Å². The summed E-state index contributed by atoms with van der Waals surface area (Å²) in [7, 11) is 1.88. The molecular weight excluding hydrogens is 254 g/mol. The van der Waals surface area contributed by atoms with Crippen molar-refractivity contribution >= 4 is 23.4 Å². The lowest BCUT2D eigenvalue weighted by atomic mass is 10.5. The molecule has 2 aromatic heterocycles. The van der Waals surface area contributed by atoms with Gasteiger partial charge >= 0.3 is 0 Å². The van der Waals surface area contributed by atoms with E-state index in [1.165, 1.54) is 0 Å². The van der Waals surface area contributed by atoms with Crippen molar-refractivity contribution in [3.05, 3.63) is 23.4 Å². The van der Waals surface area contributed by atoms with E-state index in [-0.39, 0.29) is 0 Å². The third-order valence-corrected chi connectivity index (χ3v) is 2.57. The first-order valence-electron chi connectivity index (χ1n) is 5.54. The molecule has 0 aromatic carbocycles. The van der Waals surface area contributed by atoms with E-state index in [4.69, 9.17) is 11.6 Å². The Morgan fingerprint density at radius 2 is 2.22 bits per heavy atom. The number of hydrogen-bond acceptors (Lipinski definition) is 6. The topological polar surface area (TPSA) is 80.5 Å². The van der Waals surface area contributed by atoms with Crippen molar-refractivity contribution in [1.29, 1.82) is 0 Å². The number of aryl methyl sites for hydroxylation is 1. The number of nitrogens with zero attached hydrogens (tertiary/aromatic N) is 5. The Balaban J connectivity index is 2.08. The van der Waals surface area contributed by atoms with Crippen molar-refractivity contribution in [3.63, 3.8) is 0 Å². The van der Waals surface area contributed by atoms with E-state index in [9.17, 15) is 0 Å². The van der Waals surface area contributed by atoms with Crippen LogP contribution < -0.4 is 10.6 Å². The highest BCUT2D eigenvalue weighted by Gasteiger charge is 2.06. The Morgan fingerprint density at radius 3 is 2.89 bits per heavy atom. The first kappa shape index (κ1) is 12.6. The Morgan fingerprint density at radius 1 is 1.39 bits per heavy atom. The molecule has 0 bridgehead atoms. The van der Waals surface area contributed by atoms with Gasteiger partial charge in [-0.3, -0.25) is 0 Å². The zero-order valence-corrected chi connectivity index (χ0v) is 10.9. The molecule has 0 fully saturated rings. The van der Waals surface area contributed by atoms with Crippen LogP contribution in [0, 0.1) is 0 Å². The maximum atomic E-state index is 6.02. The molecule has 0 aliphatic heterocycles. The molecule has 0 saturated heterocycles. The number of aromatic nitrogens is 5. The van der Waals surface area contributed by atoms with Gasteiger partial charge in [0.25, 0.3) is 0 Å². The van der Waals surface area contributed by atoms with Crippen molar-refractivity contribution in [3.8, 4) is 0 Å². The molecule has 0 spiro atoms. The van der Waals surface area contributed by atoms with Crippen molar-refractivity contribution in [1.82, 2.24) is 24.7 Å². The lowest BCUT2D eigenvalue weighted by molar-refractivity contribution is 0.810. The van der Waals surface area contributed by atoms with Gasteiger partial charge in [-0.25, -0.2) is 4.98 Å². The minimum absolute atomic E-state index is 0.471. The number of anilines is 2. The quantitative estimate of drug-likeness (QED) is 0.850. The minimum atomic E-state index is 0.471. The molecule has 8 heteroatoms. The van der Waals surface area contributed by atoms with E-state index in [1.54, 1.807) is 12.5 Å². The third kappa shape index (κ3) is 2.86. The van der Waals surface area contributed by atoms with Gasteiger partial charge in [-0.2, -0.15) is 4.98 Å². The van der Waals surface area contributed by atoms with Crippen LogP contribution in [0.4, 0.5) is 11.8 Å². The molecule has 0 amide bonds. The lowest BCUT2D eigenvalue weighted by Gasteiger charge is -2.08. The second-order valence-electron chi connectivity index (χ2n) is 3.63. The zero-order valence-electron chi connectivity index (χ0n) is 10.2. The van der Waals surface area contributed by atoms with Crippen molar-refractivity contribution in [2.45, 2.75) is 13.5 Å². The Kier molecular flexibility index (Phi) is 3.93. The van der Waals surface area contributed by atoms with Crippen molar-refractivity contribution in [2.75, 3.05) is 17.2 Å². The molecule has 96 valence electrons. The van der Waals surface area contributed by atoms with Gasteiger partial charge in [0.05, 0.1) is 12.7 Å². The van der Waals surface area contributed by atoms with Gasteiger partial charge in [0, 0.05) is 13.6 Å². The van der Waals surface area contributed by atoms with Crippen molar-refractivity contribution < 1.29 is 0 Å². The second kappa shape index (κ2) is 5.63. The van der Waals surface area contributed by atoms with E-state index in [0.717, 1.165) is 12.4 Å². The first-order chi connectivity index (χ1) is 8.70. The monoisotopic (exact) mass is 267 g/mol. The molecule has 2 heterocycles. The predicted molar refractivity (Wildman–Crippen MR) is 69.5 cm³/mol. The summed E-state index contributed by atoms with van der Waals surface area (Å²) < 4.78 is 1.83. The van der Waals surface area contributed by atoms with Crippen LogP contribution in [0.1, 0.15) is 12.7 Å². The molecule has 0 atom stereocenters. The van der Waals surface area contributed by atoms with E-state index < -0.39 is 0 Å². The summed E-state index contributed by atoms with van der Waals surface area (Å²) in [6, 6.07) is 0. The molecule has 0 aliphatic rings. The maximum absolute atomic E-state index is 6.02. The number of halogens is 1. The highest BCUT2D eigenvalue weighted by molar-refractivity contribution is 6.32. The van der Waals surface area contributed by atoms with Gasteiger partial charge in [0.1, 0.15) is 11.3 Å². The molecule has 7 nitrogen and oxygen atoms in total. The molecule has 2 rings (SSSR count). The normalized spacial score (nSPS) is 10.4. The molecule has 18 heavy (non-hydrogen) atoms. The summed E-state index contributed by atoms with van der Waals surface area (Å²) in [4.78, 5) is 8.33. The standard InChI is InChI=1S/C10H14ClN7/c1-3-12-10-14-4-7(11)9(16-10)13-5-8-17-15-6-18(8)2/h4,6H,3,5H2,1-2H3,(H2,12,13,14,16). The summed E-state index contributed by atoms with van der Waals surface area (Å²) >= 11 is 6.02. The van der Waals surface area contributed by atoms with Crippen LogP contribution in [-0.4, -0.2) is 31.3 Å². The fourth-order valence-corrected chi connectivity index (χ4v) is 1.52. The smallest absolute Gasteiger partial charge is 0.224 e. The predicted octanol–water partition coefficient (Wildman–Crippen LogP) is 1.30. The van der Waals surface area contributed by atoms with Gasteiger partial charge in [0.2, 0.25) is 5.95 Å². The Labute approximate surface area is 110 Å². The van der Waals surface area contributed by atoms with Crippen LogP contribution in [-0.2, 0) is 13.6 Å². The average Bonchev–Trinajstić information content (AvgIpc) is 2.76. The molecular formula is C10H14ClN7. The molecule has 0 unspecified atom stereocenters. The third-order valence-electron chi connectivity index (χ3n) is 2.30. The lowest BCUT2D eigenvalue weighted by Crippen LogP contribution is -2.09.